The number of aliphatic carboxylic acids is 1. The molecule has 9 nitrogen and oxygen atoms in total. The fourth-order valence-electron chi connectivity index (χ4n) is 3.24. The second-order valence-electron chi connectivity index (χ2n) is 9.23. The zero-order valence-corrected chi connectivity index (χ0v) is 26.1. The molecule has 14 heteroatoms. The Morgan fingerprint density at radius 3 is 1.65 bits per heavy atom. The molecule has 0 saturated carbocycles. The second-order valence-corrected chi connectivity index (χ2v) is 13.7. The zero-order chi connectivity index (χ0) is 32.0. The number of carbonyl (C=O) groups is 2. The number of carboxylic acid groups (broad SMARTS) is 1. The molecule has 0 aliphatic heterocycles. The number of nitrogens with zero attached hydrogens (tertiary/aromatic N) is 1. The van der Waals surface area contributed by atoms with Gasteiger partial charge in [-0.15, -0.1) is 12.4 Å². The minimum Gasteiger partial charge on any atom is -0.496 e. The van der Waals surface area contributed by atoms with Crippen molar-refractivity contribution in [1.29, 1.82) is 0 Å². The average Bonchev–Trinajstić information content (AvgIpc) is 2.95. The number of ether oxygens (including phenoxy) is 3. The van der Waals surface area contributed by atoms with E-state index in [2.05, 4.69) is 4.85 Å². The largest absolute Gasteiger partial charge is 0.496 e. The highest BCUT2D eigenvalue weighted by molar-refractivity contribution is 6.69. The summed E-state index contributed by atoms with van der Waals surface area (Å²) in [7, 11) is 2.37. The quantitative estimate of drug-likeness (QED) is 0.152. The molecule has 234 valence electrons. The lowest BCUT2D eigenvalue weighted by Gasteiger charge is -2.19. The number of hydrogen-bond donors (Lipinski definition) is 2. The lowest BCUT2D eigenvalue weighted by atomic mass is 10.1. The maximum Gasteiger partial charge on any atom is 0.349 e. The van der Waals surface area contributed by atoms with E-state index in [1.54, 1.807) is 0 Å². The summed E-state index contributed by atoms with van der Waals surface area (Å²) in [6.07, 6.45) is -2.02. The van der Waals surface area contributed by atoms with Crippen molar-refractivity contribution in [2.75, 3.05) is 21.3 Å². The maximum absolute atomic E-state index is 13.2. The standard InChI is InChI=1S/C12H16FNO2Si.C9H9FO4.C8H7FO2.ClH/c1-14-12(16-17(3,4)5)10-8-9(13)6-7-11(10)15-2;1-14-7-3-2-5(10)4-6(7)8(11)9(12)13;1-11-8-3-2-7(9)4-6(8)5-10;/h6-8,12H,2-5H3;2-4,8,11H,1H3,(H,12,13);2-5H,1H3;1H. The molecule has 0 saturated heterocycles. The fraction of sp³-hybridized carbons (Fsp3) is 0.276. The lowest BCUT2D eigenvalue weighted by Crippen LogP contribution is -2.27. The summed E-state index contributed by atoms with van der Waals surface area (Å²) in [5.41, 5.74) is 0.581. The van der Waals surface area contributed by atoms with Crippen LogP contribution in [-0.2, 0) is 9.22 Å². The average molecular weight is 644 g/mol. The van der Waals surface area contributed by atoms with Crippen molar-refractivity contribution in [3.63, 3.8) is 0 Å². The molecule has 3 aromatic carbocycles. The molecule has 0 radical (unpaired) electrons. The predicted octanol–water partition coefficient (Wildman–Crippen LogP) is 6.62. The predicted molar refractivity (Wildman–Crippen MR) is 158 cm³/mol. The summed E-state index contributed by atoms with van der Waals surface area (Å²) in [4.78, 5) is 24.2. The third-order valence-corrected chi connectivity index (χ3v) is 6.01. The fourth-order valence-corrected chi connectivity index (χ4v) is 4.09. The number of methoxy groups -OCH3 is 3. The molecule has 2 N–H and O–H groups in total. The lowest BCUT2D eigenvalue weighted by molar-refractivity contribution is -0.147. The van der Waals surface area contributed by atoms with Gasteiger partial charge >= 0.3 is 12.2 Å². The molecular formula is C29H33ClF3NO8Si. The summed E-state index contributed by atoms with van der Waals surface area (Å²) in [5, 5.41) is 17.7. The summed E-state index contributed by atoms with van der Waals surface area (Å²) < 4.78 is 58.8. The van der Waals surface area contributed by atoms with Crippen LogP contribution < -0.4 is 14.2 Å². The van der Waals surface area contributed by atoms with Crippen LogP contribution in [0.15, 0.2) is 54.6 Å². The Balaban J connectivity index is 0.000000622. The molecule has 0 heterocycles. The van der Waals surface area contributed by atoms with Crippen LogP contribution in [-0.4, -0.2) is 52.1 Å². The highest BCUT2D eigenvalue weighted by Gasteiger charge is 2.29. The van der Waals surface area contributed by atoms with Crippen LogP contribution in [0.3, 0.4) is 0 Å². The third kappa shape index (κ3) is 12.8. The Labute approximate surface area is 255 Å². The van der Waals surface area contributed by atoms with Crippen LogP contribution in [0.2, 0.25) is 19.6 Å². The van der Waals surface area contributed by atoms with E-state index < -0.39 is 44.1 Å². The van der Waals surface area contributed by atoms with Crippen LogP contribution in [0.1, 0.15) is 33.8 Å². The van der Waals surface area contributed by atoms with Gasteiger partial charge in [0.1, 0.15) is 40.3 Å². The van der Waals surface area contributed by atoms with Crippen molar-refractivity contribution < 1.29 is 51.6 Å². The number of carboxylic acids is 1. The van der Waals surface area contributed by atoms with E-state index in [0.29, 0.717) is 23.3 Å². The van der Waals surface area contributed by atoms with Crippen LogP contribution in [0, 0.1) is 24.0 Å². The smallest absolute Gasteiger partial charge is 0.349 e. The third-order valence-electron chi connectivity index (χ3n) is 5.08. The van der Waals surface area contributed by atoms with Gasteiger partial charge < -0.3 is 28.8 Å². The van der Waals surface area contributed by atoms with E-state index in [1.165, 1.54) is 57.7 Å². The molecule has 0 spiro atoms. The van der Waals surface area contributed by atoms with E-state index in [9.17, 15) is 27.9 Å². The highest BCUT2D eigenvalue weighted by Crippen LogP contribution is 2.31. The molecule has 0 aliphatic rings. The summed E-state index contributed by atoms with van der Waals surface area (Å²) in [6, 6.07) is 11.2. The first-order chi connectivity index (χ1) is 19.7. The Kier molecular flexibility index (Phi) is 16.7. The molecule has 3 rings (SSSR count). The SMILES string of the molecule is COc1ccc(F)cc1C(O)C(=O)O.COc1ccc(F)cc1C=O.Cl.[C-]#[N+]C(O[Si](C)(C)C)c1cc(F)ccc1OC. The number of carbonyl (C=O) groups excluding carboxylic acids is 1. The Morgan fingerprint density at radius 2 is 1.26 bits per heavy atom. The molecule has 43 heavy (non-hydrogen) atoms. The summed E-state index contributed by atoms with van der Waals surface area (Å²) in [5.74, 6) is -1.90. The van der Waals surface area contributed by atoms with Crippen molar-refractivity contribution in [3.05, 3.63) is 100 Å². The first-order valence-electron chi connectivity index (χ1n) is 12.1. The highest BCUT2D eigenvalue weighted by atomic mass is 35.5. The molecule has 0 fully saturated rings. The van der Waals surface area contributed by atoms with Crippen molar-refractivity contribution >= 4 is 33.0 Å². The molecule has 0 aliphatic carbocycles. The molecule has 2 unspecified atom stereocenters. The number of aliphatic hydroxyl groups is 1. The van der Waals surface area contributed by atoms with Crippen LogP contribution >= 0.6 is 12.4 Å². The number of aldehydes is 1. The van der Waals surface area contributed by atoms with Crippen LogP contribution in [0.4, 0.5) is 13.2 Å². The molecule has 3 aromatic rings. The Bertz CT molecular complexity index is 1400. The summed E-state index contributed by atoms with van der Waals surface area (Å²) in [6.45, 7) is 13.1. The number of halogens is 4. The number of aliphatic hydroxyl groups excluding tert-OH is 1. The molecule has 0 bridgehead atoms. The van der Waals surface area contributed by atoms with Crippen LogP contribution in [0.5, 0.6) is 17.2 Å². The Morgan fingerprint density at radius 1 is 0.837 bits per heavy atom. The van der Waals surface area contributed by atoms with Crippen molar-refractivity contribution in [2.45, 2.75) is 32.0 Å². The van der Waals surface area contributed by atoms with Gasteiger partial charge in [0, 0.05) is 5.56 Å². The van der Waals surface area contributed by atoms with Gasteiger partial charge in [0.2, 0.25) is 0 Å². The Hall–Kier alpha value is -4.09. The number of rotatable bonds is 9. The molecule has 2 atom stereocenters. The van der Waals surface area contributed by atoms with Gasteiger partial charge in [-0.05, 0) is 74.2 Å². The monoisotopic (exact) mass is 643 g/mol. The first kappa shape index (κ1) is 38.9. The second kappa shape index (κ2) is 18.4. The number of benzene rings is 3. The van der Waals surface area contributed by atoms with E-state index >= 15 is 0 Å². The van der Waals surface area contributed by atoms with E-state index in [4.69, 9.17) is 30.3 Å². The van der Waals surface area contributed by atoms with Gasteiger partial charge in [-0.3, -0.25) is 9.64 Å². The van der Waals surface area contributed by atoms with Gasteiger partial charge in [-0.1, -0.05) is 0 Å². The van der Waals surface area contributed by atoms with E-state index in [1.807, 2.05) is 19.6 Å². The molecule has 0 aromatic heterocycles. The summed E-state index contributed by atoms with van der Waals surface area (Å²) >= 11 is 0. The van der Waals surface area contributed by atoms with E-state index in [-0.39, 0.29) is 29.3 Å². The van der Waals surface area contributed by atoms with Crippen molar-refractivity contribution in [1.82, 2.24) is 0 Å². The minimum absolute atomic E-state index is 0. The first-order valence-corrected chi connectivity index (χ1v) is 15.5. The molecule has 0 amide bonds. The van der Waals surface area contributed by atoms with E-state index in [0.717, 1.165) is 18.2 Å². The normalized spacial score (nSPS) is 11.5. The van der Waals surface area contributed by atoms with Crippen molar-refractivity contribution in [2.24, 2.45) is 0 Å². The number of hydrogen-bond acceptors (Lipinski definition) is 7. The van der Waals surface area contributed by atoms with Gasteiger partial charge in [-0.2, -0.15) is 0 Å². The van der Waals surface area contributed by atoms with Gasteiger partial charge in [0.15, 0.2) is 20.7 Å². The maximum atomic E-state index is 13.2. The zero-order valence-electron chi connectivity index (χ0n) is 24.3. The topological polar surface area (TPSA) is 116 Å². The minimum atomic E-state index is -1.87. The molecular weight excluding hydrogens is 611 g/mol. The van der Waals surface area contributed by atoms with Gasteiger partial charge in [0.05, 0.1) is 26.9 Å². The van der Waals surface area contributed by atoms with Gasteiger partial charge in [-0.25, -0.2) is 24.5 Å². The van der Waals surface area contributed by atoms with Gasteiger partial charge in [0.25, 0.3) is 0 Å². The van der Waals surface area contributed by atoms with Crippen LogP contribution in [0.25, 0.3) is 4.85 Å². The van der Waals surface area contributed by atoms with Crippen molar-refractivity contribution in [3.8, 4) is 17.2 Å².